The van der Waals surface area contributed by atoms with E-state index >= 15 is 0 Å². The van der Waals surface area contributed by atoms with E-state index in [1.165, 1.54) is 0 Å². The summed E-state index contributed by atoms with van der Waals surface area (Å²) in [6, 6.07) is 8.78. The van der Waals surface area contributed by atoms with Crippen LogP contribution in [0, 0.1) is 11.8 Å². The first-order valence-corrected chi connectivity index (χ1v) is 8.47. The van der Waals surface area contributed by atoms with Gasteiger partial charge in [0.15, 0.2) is 9.84 Å². The monoisotopic (exact) mass is 286 g/mol. The van der Waals surface area contributed by atoms with Crippen molar-refractivity contribution in [1.82, 2.24) is 0 Å². The molecule has 1 fully saturated rings. The van der Waals surface area contributed by atoms with Crippen molar-refractivity contribution in [3.05, 3.63) is 66.8 Å². The van der Waals surface area contributed by atoms with E-state index in [1.807, 2.05) is 18.2 Å². The van der Waals surface area contributed by atoms with Gasteiger partial charge in [-0.2, -0.15) is 0 Å². The molecular formula is C17H18O2S. The molecule has 1 aromatic carbocycles. The van der Waals surface area contributed by atoms with Crippen LogP contribution in [0.3, 0.4) is 0 Å². The van der Waals surface area contributed by atoms with Gasteiger partial charge in [0.2, 0.25) is 0 Å². The molecular weight excluding hydrogens is 268 g/mol. The maximum atomic E-state index is 12.9. The third-order valence-electron chi connectivity index (χ3n) is 4.19. The molecule has 2 aliphatic carbocycles. The molecule has 0 amide bonds. The third kappa shape index (κ3) is 2.06. The van der Waals surface area contributed by atoms with E-state index in [2.05, 4.69) is 18.7 Å². The Bertz CT molecular complexity index is 668. The summed E-state index contributed by atoms with van der Waals surface area (Å²) < 4.78 is 25.8. The van der Waals surface area contributed by atoms with Crippen LogP contribution in [0.1, 0.15) is 12.8 Å². The number of allylic oxidation sites excluding steroid dienone is 4. The lowest BCUT2D eigenvalue weighted by atomic mass is 9.99. The van der Waals surface area contributed by atoms with Crippen molar-refractivity contribution in [3.63, 3.8) is 0 Å². The summed E-state index contributed by atoms with van der Waals surface area (Å²) in [5, 5.41) is -0.389. The molecule has 104 valence electrons. The minimum absolute atomic E-state index is 0.126. The number of hydrogen-bond donors (Lipinski definition) is 0. The molecule has 0 N–H and O–H groups in total. The predicted molar refractivity (Wildman–Crippen MR) is 81.0 cm³/mol. The van der Waals surface area contributed by atoms with E-state index < -0.39 is 9.84 Å². The Hall–Kier alpha value is -1.61. The Kier molecular flexibility index (Phi) is 3.38. The van der Waals surface area contributed by atoms with Crippen LogP contribution in [0.2, 0.25) is 0 Å². The lowest BCUT2D eigenvalue weighted by molar-refractivity contribution is 0.573. The smallest absolute Gasteiger partial charge is 0.185 e. The first kappa shape index (κ1) is 13.4. The Morgan fingerprint density at radius 3 is 2.65 bits per heavy atom. The van der Waals surface area contributed by atoms with Crippen LogP contribution in [0.4, 0.5) is 0 Å². The fraction of sp³-hybridized carbons (Fsp3) is 0.294. The van der Waals surface area contributed by atoms with Crippen LogP contribution in [-0.4, -0.2) is 13.7 Å². The summed E-state index contributed by atoms with van der Waals surface area (Å²) in [6.45, 7) is 3.72. The maximum Gasteiger partial charge on any atom is 0.185 e. The second-order valence-electron chi connectivity index (χ2n) is 5.40. The molecule has 2 nitrogen and oxygen atoms in total. The largest absolute Gasteiger partial charge is 0.223 e. The van der Waals surface area contributed by atoms with Crippen molar-refractivity contribution < 1.29 is 8.42 Å². The number of hydrogen-bond acceptors (Lipinski definition) is 2. The first-order valence-electron chi connectivity index (χ1n) is 6.92. The molecule has 1 saturated carbocycles. The van der Waals surface area contributed by atoms with E-state index in [1.54, 1.807) is 24.3 Å². The summed E-state index contributed by atoms with van der Waals surface area (Å²) in [5.74, 6) is 0.421. The van der Waals surface area contributed by atoms with Crippen LogP contribution < -0.4 is 0 Å². The number of sulfone groups is 1. The SMILES string of the molecule is C=CC/C=C1\[C@H]2C=C[C@H](C2)[C@H]1S(=O)(=O)c1ccccc1. The van der Waals surface area contributed by atoms with Gasteiger partial charge in [-0.1, -0.05) is 42.5 Å². The Balaban J connectivity index is 2.04. The maximum absolute atomic E-state index is 12.9. The number of benzene rings is 1. The van der Waals surface area contributed by atoms with Crippen LogP contribution in [0.5, 0.6) is 0 Å². The molecule has 0 aromatic heterocycles. The normalized spacial score (nSPS) is 30.0. The predicted octanol–water partition coefficient (Wildman–Crippen LogP) is 3.54. The van der Waals surface area contributed by atoms with Gasteiger partial charge in [-0.25, -0.2) is 8.42 Å². The quantitative estimate of drug-likeness (QED) is 0.793. The van der Waals surface area contributed by atoms with E-state index in [-0.39, 0.29) is 11.2 Å². The summed E-state index contributed by atoms with van der Waals surface area (Å²) >= 11 is 0. The second-order valence-corrected chi connectivity index (χ2v) is 7.47. The van der Waals surface area contributed by atoms with Crippen LogP contribution in [0.15, 0.2) is 71.7 Å². The van der Waals surface area contributed by atoms with Crippen molar-refractivity contribution in [1.29, 1.82) is 0 Å². The van der Waals surface area contributed by atoms with Crippen molar-refractivity contribution in [2.24, 2.45) is 11.8 Å². The summed E-state index contributed by atoms with van der Waals surface area (Å²) in [4.78, 5) is 0.426. The van der Waals surface area contributed by atoms with Gasteiger partial charge in [0.1, 0.15) is 0 Å². The van der Waals surface area contributed by atoms with Crippen LogP contribution >= 0.6 is 0 Å². The lowest BCUT2D eigenvalue weighted by Gasteiger charge is -2.22. The molecule has 0 unspecified atom stereocenters. The standard InChI is InChI=1S/C17H18O2S/c1-2-3-9-16-13-10-11-14(12-13)17(16)20(18,19)15-7-5-4-6-8-15/h2,4-11,13-14,17H,1,3,12H2/b16-9+/t13-,14+,17+/m0/s1. The van der Waals surface area contributed by atoms with Crippen molar-refractivity contribution >= 4 is 9.84 Å². The van der Waals surface area contributed by atoms with E-state index in [0.717, 1.165) is 18.4 Å². The third-order valence-corrected chi connectivity index (χ3v) is 6.41. The number of rotatable bonds is 4. The topological polar surface area (TPSA) is 34.1 Å². The zero-order chi connectivity index (χ0) is 14.2. The zero-order valence-corrected chi connectivity index (χ0v) is 12.1. The van der Waals surface area contributed by atoms with Gasteiger partial charge in [0.05, 0.1) is 10.1 Å². The number of fused-ring (bicyclic) bond motifs is 2. The second kappa shape index (κ2) is 5.06. The highest BCUT2D eigenvalue weighted by Crippen LogP contribution is 2.48. The average molecular weight is 286 g/mol. The highest BCUT2D eigenvalue weighted by Gasteiger charge is 2.47. The Morgan fingerprint density at radius 1 is 1.20 bits per heavy atom. The fourth-order valence-electron chi connectivity index (χ4n) is 3.31. The highest BCUT2D eigenvalue weighted by molar-refractivity contribution is 7.92. The molecule has 0 saturated heterocycles. The molecule has 0 heterocycles. The van der Waals surface area contributed by atoms with Gasteiger partial charge in [0, 0.05) is 0 Å². The van der Waals surface area contributed by atoms with E-state index in [9.17, 15) is 8.42 Å². The van der Waals surface area contributed by atoms with Crippen molar-refractivity contribution in [3.8, 4) is 0 Å². The van der Waals surface area contributed by atoms with Gasteiger partial charge < -0.3 is 0 Å². The molecule has 20 heavy (non-hydrogen) atoms. The molecule has 3 atom stereocenters. The molecule has 2 bridgehead atoms. The summed E-state index contributed by atoms with van der Waals surface area (Å²) in [7, 11) is -3.30. The Morgan fingerprint density at radius 2 is 1.95 bits per heavy atom. The van der Waals surface area contributed by atoms with E-state index in [0.29, 0.717) is 10.8 Å². The summed E-state index contributed by atoms with van der Waals surface area (Å²) in [5.41, 5.74) is 1.06. The first-order chi connectivity index (χ1) is 9.64. The molecule has 3 heteroatoms. The zero-order valence-electron chi connectivity index (χ0n) is 11.3. The van der Waals surface area contributed by atoms with Gasteiger partial charge >= 0.3 is 0 Å². The molecule has 0 spiro atoms. The average Bonchev–Trinajstić information content (AvgIpc) is 3.06. The lowest BCUT2D eigenvalue weighted by Crippen LogP contribution is -2.27. The minimum Gasteiger partial charge on any atom is -0.223 e. The van der Waals surface area contributed by atoms with Gasteiger partial charge in [-0.3, -0.25) is 0 Å². The fourth-order valence-corrected chi connectivity index (χ4v) is 5.43. The van der Waals surface area contributed by atoms with Crippen LogP contribution in [0.25, 0.3) is 0 Å². The van der Waals surface area contributed by atoms with Crippen molar-refractivity contribution in [2.45, 2.75) is 23.0 Å². The minimum atomic E-state index is -3.30. The Labute approximate surface area is 120 Å². The molecule has 0 aliphatic heterocycles. The van der Waals surface area contributed by atoms with Gasteiger partial charge in [-0.15, -0.1) is 6.58 Å². The molecule has 2 aliphatic rings. The van der Waals surface area contributed by atoms with E-state index in [4.69, 9.17) is 0 Å². The highest BCUT2D eigenvalue weighted by atomic mass is 32.2. The molecule has 3 rings (SSSR count). The molecule has 1 aromatic rings. The van der Waals surface area contributed by atoms with Gasteiger partial charge in [0.25, 0.3) is 0 Å². The summed E-state index contributed by atoms with van der Waals surface area (Å²) in [6.07, 6.45) is 9.74. The van der Waals surface area contributed by atoms with Gasteiger partial charge in [-0.05, 0) is 42.4 Å². The van der Waals surface area contributed by atoms with Crippen LogP contribution in [-0.2, 0) is 9.84 Å². The molecule has 0 radical (unpaired) electrons. The van der Waals surface area contributed by atoms with Crippen molar-refractivity contribution in [2.75, 3.05) is 0 Å².